The summed E-state index contributed by atoms with van der Waals surface area (Å²) in [6, 6.07) is 5.69. The first-order valence-corrected chi connectivity index (χ1v) is 6.13. The summed E-state index contributed by atoms with van der Waals surface area (Å²) in [5.74, 6) is 0.109. The number of rotatable bonds is 4. The maximum atomic E-state index is 12.2. The van der Waals surface area contributed by atoms with Gasteiger partial charge in [-0.15, -0.1) is 12.6 Å². The van der Waals surface area contributed by atoms with Crippen molar-refractivity contribution in [3.05, 3.63) is 29.3 Å². The van der Waals surface area contributed by atoms with Gasteiger partial charge >= 0.3 is 0 Å². The minimum Gasteiger partial charge on any atom is -0.339 e. The van der Waals surface area contributed by atoms with Gasteiger partial charge in [-0.1, -0.05) is 13.0 Å². The molecule has 0 saturated carbocycles. The molecule has 0 aliphatic heterocycles. The predicted molar refractivity (Wildman–Crippen MR) is 70.3 cm³/mol. The van der Waals surface area contributed by atoms with Crippen LogP contribution in [-0.2, 0) is 0 Å². The molecule has 0 saturated heterocycles. The van der Waals surface area contributed by atoms with E-state index >= 15 is 0 Å². The van der Waals surface area contributed by atoms with E-state index in [-0.39, 0.29) is 5.91 Å². The highest BCUT2D eigenvalue weighted by molar-refractivity contribution is 7.80. The first kappa shape index (κ1) is 13.1. The number of carbonyl (C=O) groups excluding carboxylic acids is 1. The Labute approximate surface area is 103 Å². The van der Waals surface area contributed by atoms with E-state index in [1.54, 1.807) is 0 Å². The van der Waals surface area contributed by atoms with Gasteiger partial charge in [0.1, 0.15) is 0 Å². The van der Waals surface area contributed by atoms with Gasteiger partial charge in [0.05, 0.1) is 0 Å². The molecule has 3 heteroatoms. The van der Waals surface area contributed by atoms with Crippen molar-refractivity contribution in [2.45, 2.75) is 32.1 Å². The summed E-state index contributed by atoms with van der Waals surface area (Å²) in [7, 11) is 0. The second-order valence-corrected chi connectivity index (χ2v) is 4.40. The van der Waals surface area contributed by atoms with Gasteiger partial charge in [0, 0.05) is 23.5 Å². The van der Waals surface area contributed by atoms with E-state index in [1.165, 1.54) is 0 Å². The van der Waals surface area contributed by atoms with E-state index < -0.39 is 0 Å². The van der Waals surface area contributed by atoms with Crippen LogP contribution in [0, 0.1) is 6.92 Å². The molecule has 0 fully saturated rings. The highest BCUT2D eigenvalue weighted by Crippen LogP contribution is 2.16. The molecule has 16 heavy (non-hydrogen) atoms. The normalized spacial score (nSPS) is 10.2. The molecule has 0 atom stereocenters. The molecule has 0 aliphatic carbocycles. The van der Waals surface area contributed by atoms with E-state index in [0.29, 0.717) is 0 Å². The largest absolute Gasteiger partial charge is 0.339 e. The summed E-state index contributed by atoms with van der Waals surface area (Å²) >= 11 is 4.28. The van der Waals surface area contributed by atoms with E-state index in [0.717, 1.165) is 35.5 Å². The van der Waals surface area contributed by atoms with E-state index in [4.69, 9.17) is 0 Å². The molecule has 2 nitrogen and oxygen atoms in total. The number of benzene rings is 1. The van der Waals surface area contributed by atoms with Crippen molar-refractivity contribution in [3.63, 3.8) is 0 Å². The Morgan fingerprint density at radius 2 is 2.06 bits per heavy atom. The summed E-state index contributed by atoms with van der Waals surface area (Å²) in [4.78, 5) is 14.9. The van der Waals surface area contributed by atoms with E-state index in [9.17, 15) is 4.79 Å². The lowest BCUT2D eigenvalue weighted by Crippen LogP contribution is -2.32. The first-order valence-electron chi connectivity index (χ1n) is 5.69. The van der Waals surface area contributed by atoms with Gasteiger partial charge < -0.3 is 4.90 Å². The zero-order valence-corrected chi connectivity index (χ0v) is 11.1. The van der Waals surface area contributed by atoms with Gasteiger partial charge in [-0.25, -0.2) is 0 Å². The van der Waals surface area contributed by atoms with Crippen LogP contribution >= 0.6 is 12.6 Å². The lowest BCUT2D eigenvalue weighted by Gasteiger charge is -2.21. The number of carbonyl (C=O) groups is 1. The van der Waals surface area contributed by atoms with E-state index in [2.05, 4.69) is 19.6 Å². The highest BCUT2D eigenvalue weighted by Gasteiger charge is 2.15. The van der Waals surface area contributed by atoms with E-state index in [1.807, 2.05) is 36.9 Å². The molecule has 1 aromatic rings. The van der Waals surface area contributed by atoms with Crippen molar-refractivity contribution in [1.29, 1.82) is 0 Å². The fourth-order valence-corrected chi connectivity index (χ4v) is 1.89. The fraction of sp³-hybridized carbons (Fsp3) is 0.462. The van der Waals surface area contributed by atoms with Gasteiger partial charge in [0.25, 0.3) is 5.91 Å². The number of hydrogen-bond acceptors (Lipinski definition) is 2. The van der Waals surface area contributed by atoms with Crippen LogP contribution in [0.15, 0.2) is 23.1 Å². The Hall–Kier alpha value is -0.960. The quantitative estimate of drug-likeness (QED) is 0.798. The third kappa shape index (κ3) is 3.01. The molecule has 1 rings (SSSR count). The molecule has 0 aromatic heterocycles. The topological polar surface area (TPSA) is 20.3 Å². The minimum absolute atomic E-state index is 0.109. The Morgan fingerprint density at radius 3 is 2.62 bits per heavy atom. The van der Waals surface area contributed by atoms with Crippen LogP contribution in [0.2, 0.25) is 0 Å². The Bertz CT molecular complexity index is 376. The summed E-state index contributed by atoms with van der Waals surface area (Å²) in [6.07, 6.45) is 0.985. The fourth-order valence-electron chi connectivity index (χ4n) is 1.68. The third-order valence-corrected chi connectivity index (χ3v) is 2.89. The summed E-state index contributed by atoms with van der Waals surface area (Å²) in [6.45, 7) is 7.61. The molecule has 0 heterocycles. The van der Waals surface area contributed by atoms with Gasteiger partial charge in [-0.05, 0) is 38.0 Å². The molecule has 0 unspecified atom stereocenters. The molecule has 0 radical (unpaired) electrons. The molecule has 1 aromatic carbocycles. The maximum Gasteiger partial charge on any atom is 0.254 e. The predicted octanol–water partition coefficient (Wildman–Crippen LogP) is 3.16. The highest BCUT2D eigenvalue weighted by atomic mass is 32.1. The second kappa shape index (κ2) is 5.94. The molecule has 0 aliphatic rings. The van der Waals surface area contributed by atoms with Crippen LogP contribution in [0.25, 0.3) is 0 Å². The maximum absolute atomic E-state index is 12.2. The number of aryl methyl sites for hydroxylation is 1. The average molecular weight is 237 g/mol. The minimum atomic E-state index is 0.109. The van der Waals surface area contributed by atoms with Crippen LogP contribution in [0.3, 0.4) is 0 Å². The van der Waals surface area contributed by atoms with Crippen molar-refractivity contribution < 1.29 is 4.79 Å². The van der Waals surface area contributed by atoms with Crippen molar-refractivity contribution in [1.82, 2.24) is 4.90 Å². The lowest BCUT2D eigenvalue weighted by atomic mass is 10.1. The van der Waals surface area contributed by atoms with Gasteiger partial charge in [0.15, 0.2) is 0 Å². The van der Waals surface area contributed by atoms with Crippen molar-refractivity contribution >= 4 is 18.5 Å². The van der Waals surface area contributed by atoms with Gasteiger partial charge in [-0.2, -0.15) is 0 Å². The molecular formula is C13H19NOS. The third-order valence-electron chi connectivity index (χ3n) is 2.61. The number of thiol groups is 1. The summed E-state index contributed by atoms with van der Waals surface area (Å²) in [5.41, 5.74) is 1.78. The SMILES string of the molecule is CCCN(CC)C(=O)c1cc(S)ccc1C. The van der Waals surface area contributed by atoms with Crippen LogP contribution in [0.1, 0.15) is 36.2 Å². The average Bonchev–Trinajstić information content (AvgIpc) is 2.28. The van der Waals surface area contributed by atoms with Crippen LogP contribution in [0.5, 0.6) is 0 Å². The van der Waals surface area contributed by atoms with Crippen molar-refractivity contribution in [2.24, 2.45) is 0 Å². The summed E-state index contributed by atoms with van der Waals surface area (Å²) < 4.78 is 0. The van der Waals surface area contributed by atoms with Crippen molar-refractivity contribution in [2.75, 3.05) is 13.1 Å². The molecule has 0 bridgehead atoms. The monoisotopic (exact) mass is 237 g/mol. The second-order valence-electron chi connectivity index (χ2n) is 3.88. The number of hydrogen-bond donors (Lipinski definition) is 1. The van der Waals surface area contributed by atoms with Gasteiger partial charge in [-0.3, -0.25) is 4.79 Å². The zero-order valence-electron chi connectivity index (χ0n) is 10.2. The smallest absolute Gasteiger partial charge is 0.254 e. The molecular weight excluding hydrogens is 218 g/mol. The summed E-state index contributed by atoms with van der Waals surface area (Å²) in [5, 5.41) is 0. The molecule has 0 N–H and O–H groups in total. The number of nitrogens with zero attached hydrogens (tertiary/aromatic N) is 1. The zero-order chi connectivity index (χ0) is 12.1. The number of amides is 1. The Kier molecular flexibility index (Phi) is 4.87. The van der Waals surface area contributed by atoms with Crippen LogP contribution in [0.4, 0.5) is 0 Å². The molecule has 88 valence electrons. The first-order chi connectivity index (χ1) is 7.60. The Morgan fingerprint density at radius 1 is 1.38 bits per heavy atom. The van der Waals surface area contributed by atoms with Crippen LogP contribution in [-0.4, -0.2) is 23.9 Å². The standard InChI is InChI=1S/C13H19NOS/c1-4-8-14(5-2)13(15)12-9-11(16)7-6-10(12)3/h6-7,9,16H,4-5,8H2,1-3H3. The van der Waals surface area contributed by atoms with Crippen LogP contribution < -0.4 is 0 Å². The molecule has 0 spiro atoms. The molecule has 1 amide bonds. The van der Waals surface area contributed by atoms with Gasteiger partial charge in [0.2, 0.25) is 0 Å². The lowest BCUT2D eigenvalue weighted by molar-refractivity contribution is 0.0763. The Balaban J connectivity index is 2.98. The van der Waals surface area contributed by atoms with Crippen molar-refractivity contribution in [3.8, 4) is 0 Å².